The van der Waals surface area contributed by atoms with Crippen molar-refractivity contribution in [1.82, 2.24) is 10.2 Å². The summed E-state index contributed by atoms with van der Waals surface area (Å²) >= 11 is 0. The molecule has 1 aromatic carbocycles. The summed E-state index contributed by atoms with van der Waals surface area (Å²) in [5, 5.41) is 3.62. The summed E-state index contributed by atoms with van der Waals surface area (Å²) < 4.78 is 10.6. The first-order valence-electron chi connectivity index (χ1n) is 6.85. The van der Waals surface area contributed by atoms with Crippen LogP contribution in [0.3, 0.4) is 0 Å². The van der Waals surface area contributed by atoms with Crippen molar-refractivity contribution in [3.63, 3.8) is 0 Å². The van der Waals surface area contributed by atoms with Gasteiger partial charge in [-0.2, -0.15) is 0 Å². The molecule has 4 heteroatoms. The van der Waals surface area contributed by atoms with Crippen molar-refractivity contribution in [2.45, 2.75) is 25.4 Å². The molecule has 1 aromatic rings. The molecular formula is C15H24N2O2. The summed E-state index contributed by atoms with van der Waals surface area (Å²) in [6, 6.07) is 6.60. The van der Waals surface area contributed by atoms with E-state index in [1.165, 1.54) is 31.5 Å². The summed E-state index contributed by atoms with van der Waals surface area (Å²) in [4.78, 5) is 2.38. The second-order valence-corrected chi connectivity index (χ2v) is 5.14. The predicted molar refractivity (Wildman–Crippen MR) is 76.9 cm³/mol. The van der Waals surface area contributed by atoms with E-state index in [0.29, 0.717) is 6.04 Å². The highest BCUT2D eigenvalue weighted by Crippen LogP contribution is 2.24. The van der Waals surface area contributed by atoms with Gasteiger partial charge < -0.3 is 19.7 Å². The average Bonchev–Trinajstić information content (AvgIpc) is 2.46. The number of likely N-dealkylation sites (tertiary alicyclic amines) is 1. The van der Waals surface area contributed by atoms with Gasteiger partial charge in [0.25, 0.3) is 0 Å². The third-order valence-corrected chi connectivity index (χ3v) is 3.79. The predicted octanol–water partition coefficient (Wildman–Crippen LogP) is 1.89. The van der Waals surface area contributed by atoms with Crippen LogP contribution in [0.2, 0.25) is 0 Å². The van der Waals surface area contributed by atoms with E-state index in [2.05, 4.69) is 23.3 Å². The molecule has 2 rings (SSSR count). The van der Waals surface area contributed by atoms with Gasteiger partial charge >= 0.3 is 0 Å². The largest absolute Gasteiger partial charge is 0.497 e. The second kappa shape index (κ2) is 6.78. The molecule has 1 saturated heterocycles. The molecule has 1 N–H and O–H groups in total. The van der Waals surface area contributed by atoms with Gasteiger partial charge in [-0.05, 0) is 39.0 Å². The maximum absolute atomic E-state index is 5.42. The van der Waals surface area contributed by atoms with Gasteiger partial charge in [0.2, 0.25) is 0 Å². The van der Waals surface area contributed by atoms with Crippen LogP contribution in [0.1, 0.15) is 18.4 Å². The third kappa shape index (κ3) is 3.85. The van der Waals surface area contributed by atoms with Gasteiger partial charge in [-0.3, -0.25) is 0 Å². The maximum atomic E-state index is 5.42. The molecule has 1 aliphatic rings. The molecular weight excluding hydrogens is 240 g/mol. The van der Waals surface area contributed by atoms with Crippen LogP contribution in [0, 0.1) is 0 Å². The molecule has 0 amide bonds. The lowest BCUT2D eigenvalue weighted by Crippen LogP contribution is -2.40. The van der Waals surface area contributed by atoms with E-state index in [1.807, 2.05) is 12.1 Å². The van der Waals surface area contributed by atoms with E-state index in [0.717, 1.165) is 18.0 Å². The molecule has 1 heterocycles. The molecule has 106 valence electrons. The molecule has 4 nitrogen and oxygen atoms in total. The Morgan fingerprint density at radius 3 is 2.58 bits per heavy atom. The quantitative estimate of drug-likeness (QED) is 0.880. The van der Waals surface area contributed by atoms with Gasteiger partial charge in [0.15, 0.2) is 0 Å². The number of nitrogens with zero attached hydrogens (tertiary/aromatic N) is 1. The van der Waals surface area contributed by atoms with Crippen molar-refractivity contribution in [3.05, 3.63) is 23.8 Å². The smallest absolute Gasteiger partial charge is 0.127 e. The number of rotatable bonds is 5. The summed E-state index contributed by atoms with van der Waals surface area (Å²) in [6.45, 7) is 3.20. The van der Waals surface area contributed by atoms with Gasteiger partial charge in [-0.15, -0.1) is 0 Å². The molecule has 1 aliphatic heterocycles. The summed E-state index contributed by atoms with van der Waals surface area (Å²) in [6.07, 6.45) is 2.43. The minimum atomic E-state index is 0.614. The summed E-state index contributed by atoms with van der Waals surface area (Å²) in [5.74, 6) is 1.72. The Labute approximate surface area is 115 Å². The summed E-state index contributed by atoms with van der Waals surface area (Å²) in [5.41, 5.74) is 1.18. The molecule has 1 fully saturated rings. The number of benzene rings is 1. The number of methoxy groups -OCH3 is 2. The van der Waals surface area contributed by atoms with Gasteiger partial charge in [-0.25, -0.2) is 0 Å². The fraction of sp³-hybridized carbons (Fsp3) is 0.600. The lowest BCUT2D eigenvalue weighted by atomic mass is 10.0. The Hall–Kier alpha value is -1.26. The van der Waals surface area contributed by atoms with Crippen molar-refractivity contribution in [2.24, 2.45) is 0 Å². The zero-order chi connectivity index (χ0) is 13.7. The zero-order valence-corrected chi connectivity index (χ0v) is 12.1. The Balaban J connectivity index is 1.91. The van der Waals surface area contributed by atoms with E-state index in [4.69, 9.17) is 9.47 Å². The standard InChI is InChI=1S/C15H24N2O2/c1-17-8-6-13(7-9-17)16-11-12-4-5-14(18-2)10-15(12)19-3/h4-5,10,13,16H,6-9,11H2,1-3H3. The van der Waals surface area contributed by atoms with Crippen LogP contribution in [0.15, 0.2) is 18.2 Å². The molecule has 0 spiro atoms. The lowest BCUT2D eigenvalue weighted by molar-refractivity contribution is 0.233. The van der Waals surface area contributed by atoms with E-state index in [9.17, 15) is 0 Å². The third-order valence-electron chi connectivity index (χ3n) is 3.79. The first-order chi connectivity index (χ1) is 9.22. The zero-order valence-electron chi connectivity index (χ0n) is 12.1. The van der Waals surface area contributed by atoms with E-state index >= 15 is 0 Å². The van der Waals surface area contributed by atoms with E-state index in [1.54, 1.807) is 14.2 Å². The molecule has 0 aromatic heterocycles. The van der Waals surface area contributed by atoms with Crippen LogP contribution in [0.4, 0.5) is 0 Å². The molecule has 0 radical (unpaired) electrons. The first-order valence-corrected chi connectivity index (χ1v) is 6.85. The van der Waals surface area contributed by atoms with Crippen molar-refractivity contribution < 1.29 is 9.47 Å². The first kappa shape index (κ1) is 14.2. The second-order valence-electron chi connectivity index (χ2n) is 5.14. The lowest BCUT2D eigenvalue weighted by Gasteiger charge is -2.29. The Bertz CT molecular complexity index is 401. The topological polar surface area (TPSA) is 33.7 Å². The van der Waals surface area contributed by atoms with Gasteiger partial charge in [0.05, 0.1) is 14.2 Å². The van der Waals surface area contributed by atoms with Gasteiger partial charge in [0, 0.05) is 24.2 Å². The molecule has 0 unspecified atom stereocenters. The van der Waals surface area contributed by atoms with E-state index < -0.39 is 0 Å². The van der Waals surface area contributed by atoms with Gasteiger partial charge in [-0.1, -0.05) is 6.07 Å². The molecule has 0 atom stereocenters. The van der Waals surface area contributed by atoms with Crippen LogP contribution >= 0.6 is 0 Å². The number of ether oxygens (including phenoxy) is 2. The number of nitrogens with one attached hydrogen (secondary N) is 1. The van der Waals surface area contributed by atoms with Crippen LogP contribution in [0.25, 0.3) is 0 Å². The highest BCUT2D eigenvalue weighted by atomic mass is 16.5. The minimum absolute atomic E-state index is 0.614. The molecule has 0 bridgehead atoms. The number of hydrogen-bond donors (Lipinski definition) is 1. The maximum Gasteiger partial charge on any atom is 0.127 e. The van der Waals surface area contributed by atoms with Crippen molar-refractivity contribution in [2.75, 3.05) is 34.4 Å². The van der Waals surface area contributed by atoms with Gasteiger partial charge in [0.1, 0.15) is 11.5 Å². The molecule has 19 heavy (non-hydrogen) atoms. The highest BCUT2D eigenvalue weighted by molar-refractivity contribution is 5.40. The number of hydrogen-bond acceptors (Lipinski definition) is 4. The van der Waals surface area contributed by atoms with Crippen LogP contribution < -0.4 is 14.8 Å². The summed E-state index contributed by atoms with van der Waals surface area (Å²) in [7, 11) is 5.56. The van der Waals surface area contributed by atoms with Crippen LogP contribution in [-0.2, 0) is 6.54 Å². The van der Waals surface area contributed by atoms with Crippen molar-refractivity contribution in [3.8, 4) is 11.5 Å². The van der Waals surface area contributed by atoms with Crippen molar-refractivity contribution in [1.29, 1.82) is 0 Å². The molecule has 0 saturated carbocycles. The fourth-order valence-corrected chi connectivity index (χ4v) is 2.46. The Morgan fingerprint density at radius 2 is 1.95 bits per heavy atom. The Morgan fingerprint density at radius 1 is 1.21 bits per heavy atom. The van der Waals surface area contributed by atoms with Crippen LogP contribution in [0.5, 0.6) is 11.5 Å². The average molecular weight is 264 g/mol. The molecule has 0 aliphatic carbocycles. The minimum Gasteiger partial charge on any atom is -0.497 e. The monoisotopic (exact) mass is 264 g/mol. The normalized spacial score (nSPS) is 17.4. The van der Waals surface area contributed by atoms with E-state index in [-0.39, 0.29) is 0 Å². The fourth-order valence-electron chi connectivity index (χ4n) is 2.46. The van der Waals surface area contributed by atoms with Crippen molar-refractivity contribution >= 4 is 0 Å². The number of piperidine rings is 1. The van der Waals surface area contributed by atoms with Crippen LogP contribution in [-0.4, -0.2) is 45.3 Å². The Kier molecular flexibility index (Phi) is 5.05. The highest BCUT2D eigenvalue weighted by Gasteiger charge is 2.16. The SMILES string of the molecule is COc1ccc(CNC2CCN(C)CC2)c(OC)c1.